The molecule has 0 saturated heterocycles. The van der Waals surface area contributed by atoms with Crippen molar-refractivity contribution < 1.29 is 14.1 Å². The van der Waals surface area contributed by atoms with E-state index in [4.69, 9.17) is 9.26 Å². The minimum absolute atomic E-state index is 0.331. The van der Waals surface area contributed by atoms with Crippen LogP contribution in [-0.2, 0) is 17.6 Å². The van der Waals surface area contributed by atoms with Gasteiger partial charge in [0.2, 0.25) is 0 Å². The molecule has 0 saturated carbocycles. The second kappa shape index (κ2) is 3.76. The number of aromatic nitrogens is 2. The first-order valence-corrected chi connectivity index (χ1v) is 5.62. The zero-order valence-electron chi connectivity index (χ0n) is 9.45. The lowest BCUT2D eigenvalue weighted by atomic mass is 9.97. The van der Waals surface area contributed by atoms with Crippen LogP contribution < -0.4 is 0 Å². The first kappa shape index (κ1) is 10.1. The molecule has 0 unspecified atom stereocenters. The van der Waals surface area contributed by atoms with Crippen LogP contribution in [0.3, 0.4) is 0 Å². The molecule has 0 radical (unpaired) electrons. The van der Waals surface area contributed by atoms with Crippen molar-refractivity contribution in [2.45, 2.75) is 19.8 Å². The highest BCUT2D eigenvalue weighted by molar-refractivity contribution is 5.89. The third-order valence-corrected chi connectivity index (χ3v) is 2.93. The van der Waals surface area contributed by atoms with Crippen LogP contribution in [0.2, 0.25) is 0 Å². The normalized spacial score (nSPS) is 13.0. The number of carbonyl (C=O) groups is 1. The third kappa shape index (κ3) is 1.54. The summed E-state index contributed by atoms with van der Waals surface area (Å²) >= 11 is 0. The van der Waals surface area contributed by atoms with E-state index in [0.29, 0.717) is 12.3 Å². The molecule has 1 aliphatic carbocycles. The summed E-state index contributed by atoms with van der Waals surface area (Å²) < 4.78 is 10.2. The van der Waals surface area contributed by atoms with Gasteiger partial charge in [-0.2, -0.15) is 0 Å². The van der Waals surface area contributed by atoms with Gasteiger partial charge in [0.25, 0.3) is 0 Å². The maximum Gasteiger partial charge on any atom is 0.354 e. The SMILES string of the molecule is CCOC(=O)c1cc2c([nH]1)-c1oncc1CC2. The number of ether oxygens (including phenoxy) is 1. The lowest BCUT2D eigenvalue weighted by Crippen LogP contribution is -2.04. The average molecular weight is 232 g/mol. The molecule has 5 nitrogen and oxygen atoms in total. The molecule has 1 aliphatic rings. The zero-order chi connectivity index (χ0) is 11.8. The molecule has 0 fully saturated rings. The van der Waals surface area contributed by atoms with Gasteiger partial charge in [0, 0.05) is 5.56 Å². The van der Waals surface area contributed by atoms with E-state index in [2.05, 4.69) is 10.1 Å². The van der Waals surface area contributed by atoms with Gasteiger partial charge in [-0.05, 0) is 31.4 Å². The molecule has 0 aromatic carbocycles. The molecule has 0 atom stereocenters. The summed E-state index contributed by atoms with van der Waals surface area (Å²) in [6.45, 7) is 2.16. The van der Waals surface area contributed by atoms with Crippen LogP contribution in [-0.4, -0.2) is 22.7 Å². The van der Waals surface area contributed by atoms with Crippen LogP contribution >= 0.6 is 0 Å². The maximum absolute atomic E-state index is 11.6. The lowest BCUT2D eigenvalue weighted by molar-refractivity contribution is 0.0520. The molecule has 0 spiro atoms. The summed E-state index contributed by atoms with van der Waals surface area (Å²) in [5.74, 6) is 0.407. The first-order valence-electron chi connectivity index (χ1n) is 5.62. The predicted molar refractivity (Wildman–Crippen MR) is 59.7 cm³/mol. The van der Waals surface area contributed by atoms with E-state index >= 15 is 0 Å². The fourth-order valence-electron chi connectivity index (χ4n) is 2.13. The number of rotatable bonds is 2. The summed E-state index contributed by atoms with van der Waals surface area (Å²) in [4.78, 5) is 14.7. The van der Waals surface area contributed by atoms with Crippen LogP contribution in [0.4, 0.5) is 0 Å². The smallest absolute Gasteiger partial charge is 0.354 e. The highest BCUT2D eigenvalue weighted by Crippen LogP contribution is 2.33. The minimum atomic E-state index is -0.331. The van der Waals surface area contributed by atoms with Crippen LogP contribution in [0, 0.1) is 0 Å². The van der Waals surface area contributed by atoms with Gasteiger partial charge in [0.05, 0.1) is 18.5 Å². The summed E-state index contributed by atoms with van der Waals surface area (Å²) in [5.41, 5.74) is 3.49. The zero-order valence-corrected chi connectivity index (χ0v) is 9.45. The van der Waals surface area contributed by atoms with Gasteiger partial charge >= 0.3 is 5.97 Å². The Hall–Kier alpha value is -2.04. The molecular weight excluding hydrogens is 220 g/mol. The Kier molecular flexibility index (Phi) is 2.24. The van der Waals surface area contributed by atoms with Crippen molar-refractivity contribution in [3.8, 4) is 11.5 Å². The van der Waals surface area contributed by atoms with E-state index in [1.54, 1.807) is 13.1 Å². The number of H-pyrrole nitrogens is 1. The molecule has 2 aromatic rings. The van der Waals surface area contributed by atoms with Crippen LogP contribution in [0.1, 0.15) is 28.5 Å². The van der Waals surface area contributed by atoms with Gasteiger partial charge in [0.1, 0.15) is 5.69 Å². The molecule has 2 heterocycles. The number of aromatic amines is 1. The van der Waals surface area contributed by atoms with E-state index in [1.807, 2.05) is 6.07 Å². The Labute approximate surface area is 97.8 Å². The Morgan fingerprint density at radius 1 is 1.53 bits per heavy atom. The van der Waals surface area contributed by atoms with Crippen LogP contribution in [0.25, 0.3) is 11.5 Å². The molecule has 3 rings (SSSR count). The maximum atomic E-state index is 11.6. The number of aryl methyl sites for hydroxylation is 2. The second-order valence-electron chi connectivity index (χ2n) is 3.98. The van der Waals surface area contributed by atoms with Crippen molar-refractivity contribution >= 4 is 5.97 Å². The first-order chi connectivity index (χ1) is 8.29. The van der Waals surface area contributed by atoms with Gasteiger partial charge in [-0.15, -0.1) is 0 Å². The number of nitrogens with zero attached hydrogens (tertiary/aromatic N) is 1. The number of hydrogen-bond acceptors (Lipinski definition) is 4. The molecule has 5 heteroatoms. The van der Waals surface area contributed by atoms with Crippen LogP contribution in [0.5, 0.6) is 0 Å². The quantitative estimate of drug-likeness (QED) is 0.803. The highest BCUT2D eigenvalue weighted by atomic mass is 16.5. The fourth-order valence-corrected chi connectivity index (χ4v) is 2.13. The third-order valence-electron chi connectivity index (χ3n) is 2.93. The van der Waals surface area contributed by atoms with E-state index < -0.39 is 0 Å². The number of carbonyl (C=O) groups excluding carboxylic acids is 1. The molecule has 1 N–H and O–H groups in total. The summed E-state index contributed by atoms with van der Waals surface area (Å²) in [6, 6.07) is 1.83. The second-order valence-corrected chi connectivity index (χ2v) is 3.98. The van der Waals surface area contributed by atoms with E-state index in [-0.39, 0.29) is 5.97 Å². The number of fused-ring (bicyclic) bond motifs is 3. The molecular formula is C12H12N2O3. The van der Waals surface area contributed by atoms with E-state index in [0.717, 1.165) is 35.4 Å². The molecule has 0 aliphatic heterocycles. The van der Waals surface area contributed by atoms with E-state index in [1.165, 1.54) is 0 Å². The fraction of sp³-hybridized carbons (Fsp3) is 0.333. The topological polar surface area (TPSA) is 68.1 Å². The molecule has 17 heavy (non-hydrogen) atoms. The van der Waals surface area contributed by atoms with Gasteiger partial charge in [-0.1, -0.05) is 5.16 Å². The highest BCUT2D eigenvalue weighted by Gasteiger charge is 2.24. The average Bonchev–Trinajstić information content (AvgIpc) is 2.94. The van der Waals surface area contributed by atoms with Crippen molar-refractivity contribution in [1.29, 1.82) is 0 Å². The molecule has 0 amide bonds. The summed E-state index contributed by atoms with van der Waals surface area (Å²) in [5, 5.41) is 3.78. The summed E-state index contributed by atoms with van der Waals surface area (Å²) in [6.07, 6.45) is 3.51. The Bertz CT molecular complexity index is 568. The number of nitrogens with one attached hydrogen (secondary N) is 1. The lowest BCUT2D eigenvalue weighted by Gasteiger charge is -2.07. The Balaban J connectivity index is 2.02. The molecule has 2 aromatic heterocycles. The Morgan fingerprint density at radius 3 is 3.18 bits per heavy atom. The number of esters is 1. The van der Waals surface area contributed by atoms with Crippen molar-refractivity contribution in [3.05, 3.63) is 29.1 Å². The monoisotopic (exact) mass is 232 g/mol. The van der Waals surface area contributed by atoms with Gasteiger partial charge in [0.15, 0.2) is 5.76 Å². The molecule has 88 valence electrons. The summed E-state index contributed by atoms with van der Waals surface area (Å²) in [7, 11) is 0. The van der Waals surface area contributed by atoms with Crippen molar-refractivity contribution in [1.82, 2.24) is 10.1 Å². The largest absolute Gasteiger partial charge is 0.461 e. The van der Waals surface area contributed by atoms with Crippen molar-refractivity contribution in [2.24, 2.45) is 0 Å². The molecule has 0 bridgehead atoms. The standard InChI is InChI=1S/C12H12N2O3/c1-2-16-12(15)9-5-7-3-4-8-6-13-17-11(8)10(7)14-9/h5-6,14H,2-4H2,1H3. The minimum Gasteiger partial charge on any atom is -0.461 e. The van der Waals surface area contributed by atoms with Crippen LogP contribution in [0.15, 0.2) is 16.8 Å². The van der Waals surface area contributed by atoms with Crippen molar-refractivity contribution in [2.75, 3.05) is 6.61 Å². The number of hydrogen-bond donors (Lipinski definition) is 1. The van der Waals surface area contributed by atoms with Crippen molar-refractivity contribution in [3.63, 3.8) is 0 Å². The van der Waals surface area contributed by atoms with Gasteiger partial charge in [-0.3, -0.25) is 0 Å². The van der Waals surface area contributed by atoms with E-state index in [9.17, 15) is 4.79 Å². The van der Waals surface area contributed by atoms with Gasteiger partial charge < -0.3 is 14.2 Å². The van der Waals surface area contributed by atoms with Gasteiger partial charge in [-0.25, -0.2) is 4.79 Å². The Morgan fingerprint density at radius 2 is 2.35 bits per heavy atom. The predicted octanol–water partition coefficient (Wildman–Crippen LogP) is 1.94.